The van der Waals surface area contributed by atoms with Gasteiger partial charge in [-0.2, -0.15) is 5.26 Å². The summed E-state index contributed by atoms with van der Waals surface area (Å²) in [5, 5.41) is 9.73. The van der Waals surface area contributed by atoms with Crippen LogP contribution in [0.2, 0.25) is 0 Å². The second-order valence-electron chi connectivity index (χ2n) is 10.9. The molecule has 0 saturated carbocycles. The molecular weight excluding hydrogens is 484 g/mol. The molecular formula is C31H36N8. The molecule has 2 atom stereocenters. The molecule has 4 fully saturated rings. The van der Waals surface area contributed by atoms with Crippen LogP contribution in [0.3, 0.4) is 0 Å². The van der Waals surface area contributed by atoms with Crippen LogP contribution < -0.4 is 15.5 Å². The number of hydrogen-bond acceptors (Lipinski definition) is 8. The van der Waals surface area contributed by atoms with Gasteiger partial charge in [-0.15, -0.1) is 0 Å². The van der Waals surface area contributed by atoms with Gasteiger partial charge in [-0.25, -0.2) is 4.98 Å². The number of fused-ring (bicyclic) bond motifs is 2. The Balaban J connectivity index is 1.21. The van der Waals surface area contributed by atoms with E-state index in [2.05, 4.69) is 63.9 Å². The fourth-order valence-corrected chi connectivity index (χ4v) is 6.42. The van der Waals surface area contributed by atoms with Gasteiger partial charge in [-0.1, -0.05) is 13.0 Å². The number of aryl methyl sites for hydroxylation is 1. The first-order valence-corrected chi connectivity index (χ1v) is 14.1. The minimum absolute atomic E-state index is 0.376. The zero-order chi connectivity index (χ0) is 26.9. The van der Waals surface area contributed by atoms with Gasteiger partial charge in [0.1, 0.15) is 11.9 Å². The molecule has 8 nitrogen and oxygen atoms in total. The Hall–Kier alpha value is -3.96. The van der Waals surface area contributed by atoms with E-state index in [0.717, 1.165) is 73.0 Å². The second kappa shape index (κ2) is 10.7. The first-order valence-electron chi connectivity index (χ1n) is 14.1. The Kier molecular flexibility index (Phi) is 6.92. The van der Waals surface area contributed by atoms with Gasteiger partial charge >= 0.3 is 0 Å². The Morgan fingerprint density at radius 2 is 1.82 bits per heavy atom. The molecule has 3 aromatic heterocycles. The predicted molar refractivity (Wildman–Crippen MR) is 155 cm³/mol. The number of pyridine rings is 3. The van der Waals surface area contributed by atoms with Gasteiger partial charge in [0.25, 0.3) is 0 Å². The number of hydrogen-bond donors (Lipinski definition) is 1. The SMILES string of the molecule is CCc1ccc(CN2C3CC2CN(c2ccc(-c4c(C(C#N)=CN)ncc(N5CCCC5)c4C)cn2)C3)cn1. The molecule has 2 bridgehead atoms. The highest BCUT2D eigenvalue weighted by molar-refractivity contribution is 5.88. The molecule has 0 aliphatic carbocycles. The van der Waals surface area contributed by atoms with Crippen LogP contribution >= 0.6 is 0 Å². The van der Waals surface area contributed by atoms with Crippen molar-refractivity contribution in [2.45, 2.75) is 58.2 Å². The largest absolute Gasteiger partial charge is 0.403 e. The molecule has 0 aromatic carbocycles. The molecule has 0 radical (unpaired) electrons. The van der Waals surface area contributed by atoms with E-state index >= 15 is 0 Å². The molecule has 8 heteroatoms. The molecule has 4 saturated heterocycles. The first-order chi connectivity index (χ1) is 19.1. The third-order valence-electron chi connectivity index (χ3n) is 8.62. The molecule has 39 heavy (non-hydrogen) atoms. The zero-order valence-corrected chi connectivity index (χ0v) is 22.8. The third-order valence-corrected chi connectivity index (χ3v) is 8.62. The van der Waals surface area contributed by atoms with Crippen molar-refractivity contribution in [3.8, 4) is 17.2 Å². The predicted octanol–water partition coefficient (Wildman–Crippen LogP) is 4.30. The lowest BCUT2D eigenvalue weighted by Crippen LogP contribution is -2.68. The average Bonchev–Trinajstić information content (AvgIpc) is 3.52. The maximum Gasteiger partial charge on any atom is 0.128 e. The van der Waals surface area contributed by atoms with Crippen molar-refractivity contribution in [2.24, 2.45) is 5.73 Å². The van der Waals surface area contributed by atoms with Crippen LogP contribution in [0.5, 0.6) is 0 Å². The van der Waals surface area contributed by atoms with Crippen LogP contribution in [-0.4, -0.2) is 58.1 Å². The number of rotatable bonds is 7. The number of nitrogens with two attached hydrogens (primary N) is 1. The fraction of sp³-hybridized carbons (Fsp3) is 0.419. The number of aromatic nitrogens is 3. The molecule has 7 heterocycles. The van der Waals surface area contributed by atoms with Gasteiger partial charge in [-0.3, -0.25) is 14.9 Å². The minimum atomic E-state index is 0.376. The number of piperidine rings is 1. The Morgan fingerprint density at radius 3 is 2.44 bits per heavy atom. The summed E-state index contributed by atoms with van der Waals surface area (Å²) in [6, 6.07) is 11.9. The van der Waals surface area contributed by atoms with Gasteiger partial charge < -0.3 is 15.5 Å². The Labute approximate surface area is 230 Å². The maximum atomic E-state index is 9.73. The van der Waals surface area contributed by atoms with E-state index < -0.39 is 0 Å². The number of nitrogens with zero attached hydrogens (tertiary/aromatic N) is 7. The lowest BCUT2D eigenvalue weighted by Gasteiger charge is -2.56. The van der Waals surface area contributed by atoms with Crippen LogP contribution in [0.15, 0.2) is 49.1 Å². The van der Waals surface area contributed by atoms with Gasteiger partial charge in [0.2, 0.25) is 0 Å². The first kappa shape index (κ1) is 25.3. The monoisotopic (exact) mass is 520 g/mol. The lowest BCUT2D eigenvalue weighted by molar-refractivity contribution is -0.00875. The number of anilines is 2. The van der Waals surface area contributed by atoms with E-state index in [1.165, 1.54) is 31.0 Å². The van der Waals surface area contributed by atoms with Crippen LogP contribution in [-0.2, 0) is 13.0 Å². The molecule has 4 aliphatic rings. The van der Waals surface area contributed by atoms with E-state index in [9.17, 15) is 5.26 Å². The van der Waals surface area contributed by atoms with Crippen molar-refractivity contribution in [3.05, 3.63) is 71.6 Å². The van der Waals surface area contributed by atoms with E-state index in [1.807, 2.05) is 18.6 Å². The van der Waals surface area contributed by atoms with Crippen molar-refractivity contribution in [1.29, 1.82) is 5.26 Å². The molecule has 4 aliphatic heterocycles. The number of nitriles is 1. The summed E-state index contributed by atoms with van der Waals surface area (Å²) in [4.78, 5) is 21.6. The van der Waals surface area contributed by atoms with Crippen LogP contribution in [0.1, 0.15) is 48.7 Å². The van der Waals surface area contributed by atoms with Crippen molar-refractivity contribution in [2.75, 3.05) is 36.0 Å². The summed E-state index contributed by atoms with van der Waals surface area (Å²) in [6.45, 7) is 9.25. The highest BCUT2D eigenvalue weighted by Gasteiger charge is 2.44. The highest BCUT2D eigenvalue weighted by Crippen LogP contribution is 2.38. The summed E-state index contributed by atoms with van der Waals surface area (Å²) < 4.78 is 0. The average molecular weight is 521 g/mol. The van der Waals surface area contributed by atoms with Gasteiger partial charge in [0, 0.05) is 80.2 Å². The third kappa shape index (κ3) is 4.72. The van der Waals surface area contributed by atoms with E-state index in [0.29, 0.717) is 23.4 Å². The van der Waals surface area contributed by atoms with Crippen molar-refractivity contribution >= 4 is 17.1 Å². The Morgan fingerprint density at radius 1 is 1.03 bits per heavy atom. The topological polar surface area (TPSA) is 98.2 Å². The zero-order valence-electron chi connectivity index (χ0n) is 22.8. The number of allylic oxidation sites excluding steroid dienone is 1. The molecule has 3 aromatic rings. The van der Waals surface area contributed by atoms with Crippen molar-refractivity contribution in [1.82, 2.24) is 19.9 Å². The summed E-state index contributed by atoms with van der Waals surface area (Å²) >= 11 is 0. The standard InChI is InChI=1S/C31H36N8/c1-3-25-8-6-22(15-34-25)18-39-26-12-27(39)20-38(19-26)29-9-7-23(16-35-29)30-21(2)28(37-10-4-5-11-37)17-36-31(30)24(13-32)14-33/h6-9,13,15-17,26-27H,3-5,10-12,18-20,32H2,1-2H3. The second-order valence-corrected chi connectivity index (χ2v) is 10.9. The van der Waals surface area contributed by atoms with Crippen molar-refractivity contribution < 1.29 is 0 Å². The Bertz CT molecular complexity index is 1390. The summed E-state index contributed by atoms with van der Waals surface area (Å²) in [7, 11) is 0. The molecule has 2 N–H and O–H groups in total. The van der Waals surface area contributed by atoms with Gasteiger partial charge in [0.05, 0.1) is 23.2 Å². The summed E-state index contributed by atoms with van der Waals surface area (Å²) in [5.74, 6) is 1.000. The van der Waals surface area contributed by atoms with Gasteiger partial charge in [0.15, 0.2) is 0 Å². The fourth-order valence-electron chi connectivity index (χ4n) is 6.42. The van der Waals surface area contributed by atoms with E-state index in [4.69, 9.17) is 15.7 Å². The van der Waals surface area contributed by atoms with Crippen LogP contribution in [0, 0.1) is 18.3 Å². The highest BCUT2D eigenvalue weighted by atomic mass is 15.4. The molecule has 0 spiro atoms. The lowest BCUT2D eigenvalue weighted by atomic mass is 9.87. The van der Waals surface area contributed by atoms with Crippen LogP contribution in [0.25, 0.3) is 16.7 Å². The summed E-state index contributed by atoms with van der Waals surface area (Å²) in [5.41, 5.74) is 13.4. The molecule has 2 unspecified atom stereocenters. The molecule has 7 rings (SSSR count). The maximum absolute atomic E-state index is 9.73. The summed E-state index contributed by atoms with van der Waals surface area (Å²) in [6.07, 6.45) is 11.8. The molecule has 0 amide bonds. The normalized spacial score (nSPS) is 21.1. The van der Waals surface area contributed by atoms with Crippen LogP contribution in [0.4, 0.5) is 11.5 Å². The number of piperazine rings is 1. The van der Waals surface area contributed by atoms with Gasteiger partial charge in [-0.05, 0) is 61.9 Å². The molecule has 200 valence electrons. The van der Waals surface area contributed by atoms with E-state index in [1.54, 1.807) is 0 Å². The smallest absolute Gasteiger partial charge is 0.128 e. The quantitative estimate of drug-likeness (QED) is 0.461. The van der Waals surface area contributed by atoms with E-state index in [-0.39, 0.29) is 0 Å². The van der Waals surface area contributed by atoms with Crippen molar-refractivity contribution in [3.63, 3.8) is 0 Å². The minimum Gasteiger partial charge on any atom is -0.403 e.